The van der Waals surface area contributed by atoms with Gasteiger partial charge in [0, 0.05) is 6.54 Å². The van der Waals surface area contributed by atoms with Crippen molar-refractivity contribution in [1.29, 1.82) is 0 Å². The molecule has 4 N–H and O–H groups in total. The maximum Gasteiger partial charge on any atom is 0.335 e. The monoisotopic (exact) mass is 278 g/mol. The fourth-order valence-electron chi connectivity index (χ4n) is 2.28. The molecule has 0 unspecified atom stereocenters. The molecular formula is C14H18N2O4. The number of carbonyl (C=O) groups excluding carboxylic acids is 1. The summed E-state index contributed by atoms with van der Waals surface area (Å²) < 4.78 is 0. The largest absolute Gasteiger partial charge is 0.478 e. The molecule has 6 heteroatoms. The molecule has 1 saturated carbocycles. The molecule has 20 heavy (non-hydrogen) atoms. The first kappa shape index (κ1) is 14.3. The van der Waals surface area contributed by atoms with Gasteiger partial charge in [-0.15, -0.1) is 0 Å². The van der Waals surface area contributed by atoms with Gasteiger partial charge in [0.05, 0.1) is 17.7 Å². The summed E-state index contributed by atoms with van der Waals surface area (Å²) in [7, 11) is 0. The number of nitrogens with one attached hydrogen (secondary N) is 2. The Morgan fingerprint density at radius 2 is 1.90 bits per heavy atom. The van der Waals surface area contributed by atoms with Crippen molar-refractivity contribution < 1.29 is 19.8 Å². The van der Waals surface area contributed by atoms with Gasteiger partial charge < -0.3 is 20.8 Å². The van der Waals surface area contributed by atoms with Crippen LogP contribution in [0.5, 0.6) is 0 Å². The summed E-state index contributed by atoms with van der Waals surface area (Å²) in [6.45, 7) is 0.314. The zero-order chi connectivity index (χ0) is 14.5. The number of hydrogen-bond donors (Lipinski definition) is 4. The molecule has 0 radical (unpaired) electrons. The van der Waals surface area contributed by atoms with E-state index in [0.717, 1.165) is 24.8 Å². The maximum atomic E-state index is 11.7. The zero-order valence-electron chi connectivity index (χ0n) is 11.0. The normalized spacial score (nSPS) is 21.4. The summed E-state index contributed by atoms with van der Waals surface area (Å²) in [5.74, 6) is -0.975. The van der Waals surface area contributed by atoms with Gasteiger partial charge in [0.15, 0.2) is 0 Å². The first-order chi connectivity index (χ1) is 9.56. The molecule has 2 rings (SSSR count). The van der Waals surface area contributed by atoms with Gasteiger partial charge >= 0.3 is 12.0 Å². The molecule has 0 bridgehead atoms. The van der Waals surface area contributed by atoms with Crippen molar-refractivity contribution in [2.24, 2.45) is 0 Å². The van der Waals surface area contributed by atoms with Crippen molar-refractivity contribution in [3.05, 3.63) is 35.4 Å². The lowest BCUT2D eigenvalue weighted by atomic mass is 10.1. The van der Waals surface area contributed by atoms with Crippen molar-refractivity contribution in [3.63, 3.8) is 0 Å². The summed E-state index contributed by atoms with van der Waals surface area (Å²) in [6.07, 6.45) is 1.97. The standard InChI is InChI=1S/C14H18N2O4/c17-12-3-1-2-11(12)16-14(20)15-8-9-4-6-10(7-5-9)13(18)19/h4-7,11-12,17H,1-3,8H2,(H,18,19)(H2,15,16,20)/t11-,12-/m1/s1. The van der Waals surface area contributed by atoms with Gasteiger partial charge in [-0.2, -0.15) is 0 Å². The molecular weight excluding hydrogens is 260 g/mol. The highest BCUT2D eigenvalue weighted by molar-refractivity contribution is 5.87. The Balaban J connectivity index is 1.79. The Morgan fingerprint density at radius 1 is 1.20 bits per heavy atom. The minimum atomic E-state index is -0.975. The molecule has 2 atom stereocenters. The number of aliphatic hydroxyl groups excluding tert-OH is 1. The molecule has 0 saturated heterocycles. The predicted molar refractivity (Wildman–Crippen MR) is 72.4 cm³/mol. The van der Waals surface area contributed by atoms with E-state index in [9.17, 15) is 14.7 Å². The number of amides is 2. The number of carboxylic acids is 1. The molecule has 0 aliphatic heterocycles. The minimum Gasteiger partial charge on any atom is -0.478 e. The summed E-state index contributed by atoms with van der Waals surface area (Å²) in [5.41, 5.74) is 1.03. The smallest absolute Gasteiger partial charge is 0.335 e. The molecule has 1 aromatic rings. The molecule has 0 aromatic heterocycles. The fraction of sp³-hybridized carbons (Fsp3) is 0.429. The van der Waals surface area contributed by atoms with Crippen LogP contribution in [0.2, 0.25) is 0 Å². The molecule has 1 aromatic carbocycles. The van der Waals surface area contributed by atoms with Crippen molar-refractivity contribution >= 4 is 12.0 Å². The van der Waals surface area contributed by atoms with Crippen LogP contribution in [-0.2, 0) is 6.54 Å². The quantitative estimate of drug-likeness (QED) is 0.662. The summed E-state index contributed by atoms with van der Waals surface area (Å²) in [6, 6.07) is 5.82. The molecule has 6 nitrogen and oxygen atoms in total. The third-order valence-electron chi connectivity index (χ3n) is 3.45. The Bertz CT molecular complexity index is 486. The SMILES string of the molecule is O=C(NCc1ccc(C(=O)O)cc1)N[C@@H]1CCC[C@H]1O. The van der Waals surface area contributed by atoms with E-state index in [4.69, 9.17) is 5.11 Å². The van der Waals surface area contributed by atoms with Crippen LogP contribution in [0.15, 0.2) is 24.3 Å². The molecule has 0 heterocycles. The van der Waals surface area contributed by atoms with Crippen LogP contribution < -0.4 is 10.6 Å². The second kappa shape index (κ2) is 6.38. The number of aromatic carboxylic acids is 1. The number of urea groups is 1. The van der Waals surface area contributed by atoms with Gasteiger partial charge in [0.25, 0.3) is 0 Å². The number of benzene rings is 1. The predicted octanol–water partition coefficient (Wildman–Crippen LogP) is 1.10. The number of hydrogen-bond acceptors (Lipinski definition) is 3. The highest BCUT2D eigenvalue weighted by Crippen LogP contribution is 2.18. The number of carbonyl (C=O) groups is 2. The first-order valence-electron chi connectivity index (χ1n) is 6.61. The Kier molecular flexibility index (Phi) is 4.57. The fourth-order valence-corrected chi connectivity index (χ4v) is 2.28. The van der Waals surface area contributed by atoms with Crippen LogP contribution in [0, 0.1) is 0 Å². The molecule has 0 spiro atoms. The average molecular weight is 278 g/mol. The molecule has 1 fully saturated rings. The molecule has 1 aliphatic carbocycles. The molecule has 108 valence electrons. The van der Waals surface area contributed by atoms with E-state index < -0.39 is 12.1 Å². The van der Waals surface area contributed by atoms with Crippen LogP contribution in [0.1, 0.15) is 35.2 Å². The Labute approximate surface area is 116 Å². The highest BCUT2D eigenvalue weighted by atomic mass is 16.4. The van der Waals surface area contributed by atoms with Gasteiger partial charge in [-0.25, -0.2) is 9.59 Å². The summed E-state index contributed by atoms with van der Waals surface area (Å²) >= 11 is 0. The van der Waals surface area contributed by atoms with E-state index in [1.54, 1.807) is 12.1 Å². The first-order valence-corrected chi connectivity index (χ1v) is 6.61. The van der Waals surface area contributed by atoms with Crippen molar-refractivity contribution in [3.8, 4) is 0 Å². The lowest BCUT2D eigenvalue weighted by Gasteiger charge is -2.16. The van der Waals surface area contributed by atoms with E-state index in [2.05, 4.69) is 10.6 Å². The van der Waals surface area contributed by atoms with E-state index in [0.29, 0.717) is 6.54 Å². The summed E-state index contributed by atoms with van der Waals surface area (Å²) in [5, 5.41) is 23.8. The number of carboxylic acid groups (broad SMARTS) is 1. The van der Waals surface area contributed by atoms with Crippen molar-refractivity contribution in [1.82, 2.24) is 10.6 Å². The maximum absolute atomic E-state index is 11.7. The zero-order valence-corrected chi connectivity index (χ0v) is 11.0. The van der Waals surface area contributed by atoms with Crippen LogP contribution in [0.3, 0.4) is 0 Å². The Morgan fingerprint density at radius 3 is 2.45 bits per heavy atom. The second-order valence-electron chi connectivity index (χ2n) is 4.93. The Hall–Kier alpha value is -2.08. The highest BCUT2D eigenvalue weighted by Gasteiger charge is 2.26. The van der Waals surface area contributed by atoms with Gasteiger partial charge in [0.1, 0.15) is 0 Å². The van der Waals surface area contributed by atoms with E-state index >= 15 is 0 Å². The van der Waals surface area contributed by atoms with Gasteiger partial charge in [-0.1, -0.05) is 12.1 Å². The van der Waals surface area contributed by atoms with Crippen LogP contribution in [0.4, 0.5) is 4.79 Å². The third-order valence-corrected chi connectivity index (χ3v) is 3.45. The molecule has 1 aliphatic rings. The van der Waals surface area contributed by atoms with Gasteiger partial charge in [-0.3, -0.25) is 0 Å². The average Bonchev–Trinajstić information content (AvgIpc) is 2.82. The summed E-state index contributed by atoms with van der Waals surface area (Å²) in [4.78, 5) is 22.4. The minimum absolute atomic E-state index is 0.176. The lowest BCUT2D eigenvalue weighted by Crippen LogP contribution is -2.45. The third kappa shape index (κ3) is 3.71. The molecule has 2 amide bonds. The lowest BCUT2D eigenvalue weighted by molar-refractivity contribution is 0.0697. The van der Waals surface area contributed by atoms with Gasteiger partial charge in [-0.05, 0) is 37.0 Å². The topological polar surface area (TPSA) is 98.7 Å². The van der Waals surface area contributed by atoms with Crippen LogP contribution >= 0.6 is 0 Å². The second-order valence-corrected chi connectivity index (χ2v) is 4.93. The van der Waals surface area contributed by atoms with E-state index in [-0.39, 0.29) is 17.6 Å². The number of rotatable bonds is 4. The van der Waals surface area contributed by atoms with Crippen molar-refractivity contribution in [2.75, 3.05) is 0 Å². The van der Waals surface area contributed by atoms with Gasteiger partial charge in [0.2, 0.25) is 0 Å². The van der Waals surface area contributed by atoms with E-state index in [1.165, 1.54) is 12.1 Å². The van der Waals surface area contributed by atoms with Crippen LogP contribution in [-0.4, -0.2) is 34.4 Å². The van der Waals surface area contributed by atoms with Crippen molar-refractivity contribution in [2.45, 2.75) is 38.0 Å². The van der Waals surface area contributed by atoms with E-state index in [1.807, 2.05) is 0 Å². The number of aliphatic hydroxyl groups is 1. The van der Waals surface area contributed by atoms with Crippen LogP contribution in [0.25, 0.3) is 0 Å².